The molecule has 0 saturated heterocycles. The summed E-state index contributed by atoms with van der Waals surface area (Å²) in [4.78, 5) is 32.2. The molecule has 1 atom stereocenters. The van der Waals surface area contributed by atoms with E-state index in [1.165, 1.54) is 0 Å². The van der Waals surface area contributed by atoms with Crippen LogP contribution in [0.25, 0.3) is 0 Å². The molecule has 0 aromatic heterocycles. The van der Waals surface area contributed by atoms with Gasteiger partial charge >= 0.3 is 11.9 Å². The van der Waals surface area contributed by atoms with Gasteiger partial charge in [-0.1, -0.05) is 13.5 Å². The highest BCUT2D eigenvalue weighted by Crippen LogP contribution is 2.03. The number of carboxylic acids is 2. The number of carbonyl (C=O) groups is 3. The quantitative estimate of drug-likeness (QED) is 0.455. The zero-order chi connectivity index (χ0) is 14.8. The number of carboxylic acid groups (broad SMARTS) is 2. The Morgan fingerprint density at radius 3 is 2.26 bits per heavy atom. The van der Waals surface area contributed by atoms with Crippen molar-refractivity contribution < 1.29 is 24.6 Å². The zero-order valence-corrected chi connectivity index (χ0v) is 10.9. The van der Waals surface area contributed by atoms with E-state index in [9.17, 15) is 14.4 Å². The van der Waals surface area contributed by atoms with Gasteiger partial charge in [0.05, 0.1) is 6.04 Å². The molecule has 19 heavy (non-hydrogen) atoms. The number of hydrogen-bond acceptors (Lipinski definition) is 4. The molecule has 7 heteroatoms. The molecule has 0 aromatic rings. The van der Waals surface area contributed by atoms with Crippen LogP contribution in [0.15, 0.2) is 12.3 Å². The van der Waals surface area contributed by atoms with Crippen LogP contribution in [0.3, 0.4) is 0 Å². The number of nitrogens with one attached hydrogen (secondary N) is 2. The Morgan fingerprint density at radius 2 is 1.79 bits per heavy atom. The summed E-state index contributed by atoms with van der Waals surface area (Å²) in [6, 6.07) is -0.364. The molecule has 108 valence electrons. The maximum atomic E-state index is 11.5. The van der Waals surface area contributed by atoms with Crippen molar-refractivity contribution in [1.29, 1.82) is 0 Å². The molecule has 0 aliphatic heterocycles. The van der Waals surface area contributed by atoms with Crippen LogP contribution in [0, 0.1) is 0 Å². The number of rotatable bonds is 10. The highest BCUT2D eigenvalue weighted by atomic mass is 16.4. The van der Waals surface area contributed by atoms with Crippen LogP contribution in [-0.4, -0.2) is 40.6 Å². The van der Waals surface area contributed by atoms with Crippen molar-refractivity contribution in [3.05, 3.63) is 12.3 Å². The first-order chi connectivity index (χ1) is 8.86. The SMILES string of the molecule is C=C(NCC(=O)O)[C@H](CC)NC(=O)CCCC(=O)O. The molecule has 0 aliphatic carbocycles. The van der Waals surface area contributed by atoms with E-state index in [-0.39, 0.29) is 37.8 Å². The molecule has 0 rings (SSSR count). The molecule has 0 bridgehead atoms. The van der Waals surface area contributed by atoms with E-state index in [0.717, 1.165) is 0 Å². The third-order valence-corrected chi connectivity index (χ3v) is 2.43. The number of aliphatic carboxylic acids is 2. The van der Waals surface area contributed by atoms with Gasteiger partial charge in [0.1, 0.15) is 6.54 Å². The maximum Gasteiger partial charge on any atom is 0.322 e. The smallest absolute Gasteiger partial charge is 0.322 e. The minimum atomic E-state index is -1.01. The fraction of sp³-hybridized carbons (Fsp3) is 0.583. The summed E-state index contributed by atoms with van der Waals surface area (Å²) in [5.74, 6) is -2.22. The van der Waals surface area contributed by atoms with Gasteiger partial charge < -0.3 is 20.8 Å². The number of hydrogen-bond donors (Lipinski definition) is 4. The van der Waals surface area contributed by atoms with E-state index in [4.69, 9.17) is 10.2 Å². The van der Waals surface area contributed by atoms with Gasteiger partial charge in [-0.25, -0.2) is 0 Å². The van der Waals surface area contributed by atoms with Crippen molar-refractivity contribution in [3.8, 4) is 0 Å². The lowest BCUT2D eigenvalue weighted by molar-refractivity contribution is -0.137. The Hall–Kier alpha value is -2.05. The molecule has 0 spiro atoms. The topological polar surface area (TPSA) is 116 Å². The third-order valence-electron chi connectivity index (χ3n) is 2.43. The van der Waals surface area contributed by atoms with E-state index in [1.54, 1.807) is 0 Å². The first-order valence-electron chi connectivity index (χ1n) is 6.02. The van der Waals surface area contributed by atoms with Crippen molar-refractivity contribution in [2.24, 2.45) is 0 Å². The molecule has 7 nitrogen and oxygen atoms in total. The van der Waals surface area contributed by atoms with Crippen LogP contribution < -0.4 is 10.6 Å². The summed E-state index contributed by atoms with van der Waals surface area (Å²) in [5.41, 5.74) is 0.427. The summed E-state index contributed by atoms with van der Waals surface area (Å²) >= 11 is 0. The second-order valence-corrected chi connectivity index (χ2v) is 4.05. The Bertz CT molecular complexity index is 354. The second kappa shape index (κ2) is 8.96. The lowest BCUT2D eigenvalue weighted by atomic mass is 10.1. The molecule has 0 heterocycles. The Balaban J connectivity index is 4.09. The van der Waals surface area contributed by atoms with Crippen LogP contribution in [0.2, 0.25) is 0 Å². The number of amides is 1. The van der Waals surface area contributed by atoms with E-state index >= 15 is 0 Å². The molecule has 0 aliphatic rings. The van der Waals surface area contributed by atoms with Crippen LogP contribution in [0.5, 0.6) is 0 Å². The van der Waals surface area contributed by atoms with Crippen molar-refractivity contribution >= 4 is 17.8 Å². The fourth-order valence-corrected chi connectivity index (χ4v) is 1.41. The van der Waals surface area contributed by atoms with Crippen molar-refractivity contribution in [1.82, 2.24) is 10.6 Å². The van der Waals surface area contributed by atoms with Crippen molar-refractivity contribution in [2.75, 3.05) is 6.54 Å². The van der Waals surface area contributed by atoms with Crippen molar-refractivity contribution in [3.63, 3.8) is 0 Å². The second-order valence-electron chi connectivity index (χ2n) is 4.05. The van der Waals surface area contributed by atoms with Crippen LogP contribution in [0.4, 0.5) is 0 Å². The van der Waals surface area contributed by atoms with E-state index in [0.29, 0.717) is 12.1 Å². The Labute approximate surface area is 111 Å². The molecule has 0 fully saturated rings. The van der Waals surface area contributed by atoms with Gasteiger partial charge in [-0.15, -0.1) is 0 Å². The predicted molar refractivity (Wildman–Crippen MR) is 68.5 cm³/mol. The van der Waals surface area contributed by atoms with Crippen molar-refractivity contribution in [2.45, 2.75) is 38.6 Å². The van der Waals surface area contributed by atoms with Gasteiger partial charge in [-0.2, -0.15) is 0 Å². The summed E-state index contributed by atoms with van der Waals surface area (Å²) in [6.45, 7) is 5.25. The van der Waals surface area contributed by atoms with E-state index in [2.05, 4.69) is 17.2 Å². The summed E-state index contributed by atoms with van der Waals surface area (Å²) in [7, 11) is 0. The summed E-state index contributed by atoms with van der Waals surface area (Å²) < 4.78 is 0. The Morgan fingerprint density at radius 1 is 1.16 bits per heavy atom. The maximum absolute atomic E-state index is 11.5. The Kier molecular flexibility index (Phi) is 7.99. The zero-order valence-electron chi connectivity index (χ0n) is 10.9. The standard InChI is InChI=1S/C12H20N2O5/c1-3-9(8(2)13-7-12(18)19)14-10(15)5-4-6-11(16)17/h9,13H,2-7H2,1H3,(H,14,15)(H,16,17)(H,18,19)/t9-/m0/s1. The molecule has 1 amide bonds. The molecular formula is C12H20N2O5. The molecule has 4 N–H and O–H groups in total. The van der Waals surface area contributed by atoms with Gasteiger partial charge in [0.25, 0.3) is 0 Å². The largest absolute Gasteiger partial charge is 0.481 e. The minimum Gasteiger partial charge on any atom is -0.481 e. The van der Waals surface area contributed by atoms with Gasteiger partial charge in [0.15, 0.2) is 0 Å². The minimum absolute atomic E-state index is 0.0532. The fourth-order valence-electron chi connectivity index (χ4n) is 1.41. The first kappa shape index (κ1) is 16.9. The molecule has 0 radical (unpaired) electrons. The first-order valence-corrected chi connectivity index (χ1v) is 6.02. The molecule has 0 aromatic carbocycles. The highest BCUT2D eigenvalue weighted by Gasteiger charge is 2.14. The normalized spacial score (nSPS) is 11.4. The molecular weight excluding hydrogens is 252 g/mol. The molecule has 0 saturated carbocycles. The van der Waals surface area contributed by atoms with Gasteiger partial charge in [0.2, 0.25) is 5.91 Å². The van der Waals surface area contributed by atoms with Crippen LogP contribution in [0.1, 0.15) is 32.6 Å². The summed E-state index contributed by atoms with van der Waals surface area (Å²) in [5, 5.41) is 22.3. The average Bonchev–Trinajstić information content (AvgIpc) is 2.32. The monoisotopic (exact) mass is 272 g/mol. The molecule has 0 unspecified atom stereocenters. The van der Waals surface area contributed by atoms with Gasteiger partial charge in [0, 0.05) is 18.5 Å². The summed E-state index contributed by atoms with van der Waals surface area (Å²) in [6.07, 6.45) is 0.903. The lowest BCUT2D eigenvalue weighted by Gasteiger charge is -2.20. The van der Waals surface area contributed by atoms with Crippen LogP contribution in [-0.2, 0) is 14.4 Å². The highest BCUT2D eigenvalue weighted by molar-refractivity contribution is 5.77. The van der Waals surface area contributed by atoms with E-state index in [1.807, 2.05) is 6.92 Å². The van der Waals surface area contributed by atoms with Gasteiger partial charge in [-0.05, 0) is 12.8 Å². The lowest BCUT2D eigenvalue weighted by Crippen LogP contribution is -2.40. The van der Waals surface area contributed by atoms with E-state index < -0.39 is 11.9 Å². The predicted octanol–water partition coefficient (Wildman–Crippen LogP) is 0.324. The average molecular weight is 272 g/mol. The van der Waals surface area contributed by atoms with Crippen LogP contribution >= 0.6 is 0 Å². The van der Waals surface area contributed by atoms with Gasteiger partial charge in [-0.3, -0.25) is 14.4 Å². The third kappa shape index (κ3) is 8.64. The number of carbonyl (C=O) groups excluding carboxylic acids is 1.